The Morgan fingerprint density at radius 1 is 1.06 bits per heavy atom. The van der Waals surface area contributed by atoms with Gasteiger partial charge in [0.1, 0.15) is 11.6 Å². The average Bonchev–Trinajstić information content (AvgIpc) is 2.78. The first-order chi connectivity index (χ1) is 15.0. The Bertz CT molecular complexity index is 1310. The van der Waals surface area contributed by atoms with Gasteiger partial charge in [-0.2, -0.15) is 0 Å². The molecular formula is C23H16FN3O4. The lowest BCUT2D eigenvalue weighted by molar-refractivity contribution is -0.384. The lowest BCUT2D eigenvalue weighted by atomic mass is 10.0. The number of para-hydroxylation sites is 1. The molecule has 1 heterocycles. The summed E-state index contributed by atoms with van der Waals surface area (Å²) in [6.45, 7) is 0. The summed E-state index contributed by atoms with van der Waals surface area (Å²) < 4.78 is 18.5. The van der Waals surface area contributed by atoms with Gasteiger partial charge in [0.25, 0.3) is 11.6 Å². The van der Waals surface area contributed by atoms with E-state index in [1.807, 2.05) is 0 Å². The highest BCUT2D eigenvalue weighted by molar-refractivity contribution is 6.13. The van der Waals surface area contributed by atoms with Gasteiger partial charge in [-0.1, -0.05) is 18.2 Å². The first-order valence-corrected chi connectivity index (χ1v) is 9.26. The van der Waals surface area contributed by atoms with Gasteiger partial charge in [-0.15, -0.1) is 0 Å². The molecule has 1 N–H and O–H groups in total. The molecule has 0 spiro atoms. The lowest BCUT2D eigenvalue weighted by Gasteiger charge is -2.13. The second-order valence-electron chi connectivity index (χ2n) is 6.67. The predicted octanol–water partition coefficient (Wildman–Crippen LogP) is 5.21. The Morgan fingerprint density at radius 3 is 2.52 bits per heavy atom. The van der Waals surface area contributed by atoms with Gasteiger partial charge in [0, 0.05) is 23.1 Å². The normalized spacial score (nSPS) is 10.6. The third-order valence-electron chi connectivity index (χ3n) is 4.74. The highest BCUT2D eigenvalue weighted by atomic mass is 19.1. The second kappa shape index (κ2) is 8.19. The Morgan fingerprint density at radius 2 is 1.81 bits per heavy atom. The van der Waals surface area contributed by atoms with Crippen molar-refractivity contribution >= 4 is 28.2 Å². The van der Waals surface area contributed by atoms with E-state index in [9.17, 15) is 19.3 Å². The van der Waals surface area contributed by atoms with E-state index in [0.717, 1.165) is 0 Å². The quantitative estimate of drug-likeness (QED) is 0.355. The molecule has 0 unspecified atom stereocenters. The number of anilines is 1. The number of nitrogens with zero attached hydrogens (tertiary/aromatic N) is 2. The topological polar surface area (TPSA) is 94.4 Å². The zero-order valence-electron chi connectivity index (χ0n) is 16.3. The number of aromatic nitrogens is 1. The van der Waals surface area contributed by atoms with Crippen LogP contribution in [0.4, 0.5) is 15.8 Å². The van der Waals surface area contributed by atoms with Gasteiger partial charge in [0.05, 0.1) is 34.5 Å². The molecule has 0 aliphatic carbocycles. The molecule has 0 aliphatic heterocycles. The standard InChI is InChI=1S/C23H16FN3O4/c1-31-22-11-10-16(27(29)30)12-21(22)26-23(28)18-13-20(14-6-8-15(24)9-7-14)25-19-5-3-2-4-17(18)19/h2-13H,1H3,(H,26,28). The smallest absolute Gasteiger partial charge is 0.271 e. The number of non-ortho nitro benzene ring substituents is 1. The van der Waals surface area contributed by atoms with E-state index in [2.05, 4.69) is 10.3 Å². The monoisotopic (exact) mass is 417 g/mol. The number of hydrogen-bond donors (Lipinski definition) is 1. The minimum absolute atomic E-state index is 0.172. The van der Waals surface area contributed by atoms with Crippen molar-refractivity contribution in [2.45, 2.75) is 0 Å². The number of nitrogens with one attached hydrogen (secondary N) is 1. The van der Waals surface area contributed by atoms with Crippen LogP contribution in [0, 0.1) is 15.9 Å². The molecule has 0 fully saturated rings. The van der Waals surface area contributed by atoms with E-state index in [1.54, 1.807) is 42.5 Å². The molecule has 0 radical (unpaired) electrons. The van der Waals surface area contributed by atoms with Crippen molar-refractivity contribution in [2.24, 2.45) is 0 Å². The molecular weight excluding hydrogens is 401 g/mol. The van der Waals surface area contributed by atoms with Gasteiger partial charge in [-0.25, -0.2) is 9.37 Å². The summed E-state index contributed by atoms with van der Waals surface area (Å²) in [4.78, 5) is 28.3. The molecule has 1 amide bonds. The number of pyridine rings is 1. The van der Waals surface area contributed by atoms with Gasteiger partial charge in [0.2, 0.25) is 0 Å². The fraction of sp³-hybridized carbons (Fsp3) is 0.0435. The number of nitro benzene ring substituents is 1. The number of ether oxygens (including phenoxy) is 1. The summed E-state index contributed by atoms with van der Waals surface area (Å²) in [5.41, 5.74) is 2.04. The number of nitro groups is 1. The number of methoxy groups -OCH3 is 1. The van der Waals surface area contributed by atoms with E-state index in [0.29, 0.717) is 27.7 Å². The third-order valence-corrected chi connectivity index (χ3v) is 4.74. The number of amides is 1. The molecule has 0 bridgehead atoms. The summed E-state index contributed by atoms with van der Waals surface area (Å²) >= 11 is 0. The van der Waals surface area contributed by atoms with E-state index < -0.39 is 10.8 Å². The maximum Gasteiger partial charge on any atom is 0.271 e. The Kier molecular flexibility index (Phi) is 5.28. The van der Waals surface area contributed by atoms with Gasteiger partial charge < -0.3 is 10.1 Å². The second-order valence-corrected chi connectivity index (χ2v) is 6.67. The highest BCUT2D eigenvalue weighted by Gasteiger charge is 2.18. The average molecular weight is 417 g/mol. The fourth-order valence-corrected chi connectivity index (χ4v) is 3.23. The number of halogens is 1. The van der Waals surface area contributed by atoms with Crippen molar-refractivity contribution in [3.8, 4) is 17.0 Å². The van der Waals surface area contributed by atoms with Gasteiger partial charge in [-0.05, 0) is 42.5 Å². The molecule has 0 atom stereocenters. The van der Waals surface area contributed by atoms with Crippen LogP contribution in [0.15, 0.2) is 72.8 Å². The van der Waals surface area contributed by atoms with Crippen molar-refractivity contribution in [2.75, 3.05) is 12.4 Å². The first kappa shape index (κ1) is 20.0. The van der Waals surface area contributed by atoms with Gasteiger partial charge in [0.15, 0.2) is 0 Å². The van der Waals surface area contributed by atoms with Crippen molar-refractivity contribution in [3.63, 3.8) is 0 Å². The summed E-state index contributed by atoms with van der Waals surface area (Å²) in [5, 5.41) is 14.4. The van der Waals surface area contributed by atoms with Gasteiger partial charge in [-0.3, -0.25) is 14.9 Å². The van der Waals surface area contributed by atoms with Crippen LogP contribution < -0.4 is 10.1 Å². The van der Waals surface area contributed by atoms with Crippen LogP contribution in [0.5, 0.6) is 5.75 Å². The molecule has 0 saturated heterocycles. The van der Waals surface area contributed by atoms with Crippen LogP contribution in [0.2, 0.25) is 0 Å². The van der Waals surface area contributed by atoms with Crippen LogP contribution in [0.25, 0.3) is 22.2 Å². The van der Waals surface area contributed by atoms with Crippen LogP contribution in [0.1, 0.15) is 10.4 Å². The van der Waals surface area contributed by atoms with Crippen LogP contribution in [0.3, 0.4) is 0 Å². The van der Waals surface area contributed by atoms with Crippen molar-refractivity contribution in [1.82, 2.24) is 4.98 Å². The molecule has 4 aromatic rings. The van der Waals surface area contributed by atoms with Crippen molar-refractivity contribution in [1.29, 1.82) is 0 Å². The Balaban J connectivity index is 1.80. The zero-order valence-corrected chi connectivity index (χ0v) is 16.3. The summed E-state index contributed by atoms with van der Waals surface area (Å²) in [5.74, 6) is -0.572. The number of carbonyl (C=O) groups is 1. The maximum atomic E-state index is 13.3. The van der Waals surface area contributed by atoms with Gasteiger partial charge >= 0.3 is 0 Å². The molecule has 0 aliphatic rings. The SMILES string of the molecule is COc1ccc([N+](=O)[O-])cc1NC(=O)c1cc(-c2ccc(F)cc2)nc2ccccc12. The van der Waals surface area contributed by atoms with E-state index >= 15 is 0 Å². The minimum Gasteiger partial charge on any atom is -0.495 e. The summed E-state index contributed by atoms with van der Waals surface area (Å²) in [6.07, 6.45) is 0. The number of hydrogen-bond acceptors (Lipinski definition) is 5. The van der Waals surface area contributed by atoms with Crippen LogP contribution in [-0.4, -0.2) is 22.9 Å². The molecule has 1 aromatic heterocycles. The Hall–Kier alpha value is -4.33. The summed E-state index contributed by atoms with van der Waals surface area (Å²) in [6, 6.07) is 18.5. The molecule has 3 aromatic carbocycles. The third kappa shape index (κ3) is 4.04. The van der Waals surface area contributed by atoms with E-state index in [4.69, 9.17) is 4.74 Å². The molecule has 4 rings (SSSR count). The molecule has 8 heteroatoms. The largest absolute Gasteiger partial charge is 0.495 e. The number of fused-ring (bicyclic) bond motifs is 1. The summed E-state index contributed by atoms with van der Waals surface area (Å²) in [7, 11) is 1.41. The molecule has 31 heavy (non-hydrogen) atoms. The van der Waals surface area contributed by atoms with E-state index in [1.165, 1.54) is 37.4 Å². The van der Waals surface area contributed by atoms with Crippen LogP contribution in [-0.2, 0) is 0 Å². The number of rotatable bonds is 5. The highest BCUT2D eigenvalue weighted by Crippen LogP contribution is 2.31. The van der Waals surface area contributed by atoms with Crippen molar-refractivity contribution < 1.29 is 18.8 Å². The number of benzene rings is 3. The van der Waals surface area contributed by atoms with Crippen molar-refractivity contribution in [3.05, 3.63) is 94.3 Å². The first-order valence-electron chi connectivity index (χ1n) is 9.26. The fourth-order valence-electron chi connectivity index (χ4n) is 3.23. The molecule has 0 saturated carbocycles. The minimum atomic E-state index is -0.552. The lowest BCUT2D eigenvalue weighted by Crippen LogP contribution is -2.14. The molecule has 154 valence electrons. The van der Waals surface area contributed by atoms with Crippen LogP contribution >= 0.6 is 0 Å². The number of carbonyl (C=O) groups excluding carboxylic acids is 1. The van der Waals surface area contributed by atoms with E-state index in [-0.39, 0.29) is 22.9 Å². The maximum absolute atomic E-state index is 13.3. The zero-order chi connectivity index (χ0) is 22.0. The Labute approximate surface area is 176 Å². The molecule has 7 nitrogen and oxygen atoms in total. The predicted molar refractivity (Wildman–Crippen MR) is 115 cm³/mol.